The molecule has 0 bridgehead atoms. The predicted molar refractivity (Wildman–Crippen MR) is 102 cm³/mol. The van der Waals surface area contributed by atoms with Crippen molar-refractivity contribution in [1.82, 2.24) is 25.0 Å². The molecule has 0 spiro atoms. The molecule has 28 heavy (non-hydrogen) atoms. The summed E-state index contributed by atoms with van der Waals surface area (Å²) in [6.07, 6.45) is 8.41. The van der Waals surface area contributed by atoms with Crippen LogP contribution in [0.4, 0.5) is 0 Å². The van der Waals surface area contributed by atoms with Gasteiger partial charge in [-0.15, -0.1) is 10.2 Å². The van der Waals surface area contributed by atoms with Crippen molar-refractivity contribution in [2.75, 3.05) is 26.3 Å². The maximum absolute atomic E-state index is 12.6. The summed E-state index contributed by atoms with van der Waals surface area (Å²) >= 11 is 0. The molecule has 3 heterocycles. The van der Waals surface area contributed by atoms with Crippen LogP contribution in [-0.2, 0) is 33.8 Å². The molecule has 2 amide bonds. The normalized spacial score (nSPS) is 22.9. The van der Waals surface area contributed by atoms with Crippen LogP contribution in [0.5, 0.6) is 0 Å². The average Bonchev–Trinajstić information content (AvgIpc) is 3.45. The zero-order chi connectivity index (χ0) is 19.3. The molecule has 8 heteroatoms. The van der Waals surface area contributed by atoms with Crippen LogP contribution < -0.4 is 5.32 Å². The summed E-state index contributed by atoms with van der Waals surface area (Å²) in [5, 5.41) is 11.5. The Morgan fingerprint density at radius 1 is 1.11 bits per heavy atom. The Morgan fingerprint density at radius 3 is 2.75 bits per heavy atom. The van der Waals surface area contributed by atoms with Crippen LogP contribution >= 0.6 is 0 Å². The molecule has 3 aliphatic rings. The molecule has 0 unspecified atom stereocenters. The lowest BCUT2D eigenvalue weighted by Crippen LogP contribution is -2.34. The minimum absolute atomic E-state index is 0.0205. The van der Waals surface area contributed by atoms with E-state index in [2.05, 4.69) is 20.1 Å². The molecule has 2 aliphatic heterocycles. The Hall–Kier alpha value is -1.96. The first-order chi connectivity index (χ1) is 13.7. The molecule has 2 fully saturated rings. The summed E-state index contributed by atoms with van der Waals surface area (Å²) in [5.41, 5.74) is 0. The van der Waals surface area contributed by atoms with Crippen molar-refractivity contribution >= 4 is 11.8 Å². The number of rotatable bonds is 6. The van der Waals surface area contributed by atoms with Crippen LogP contribution in [0, 0.1) is 11.8 Å². The van der Waals surface area contributed by atoms with Gasteiger partial charge < -0.3 is 19.5 Å². The topological polar surface area (TPSA) is 89.4 Å². The fourth-order valence-electron chi connectivity index (χ4n) is 4.60. The first-order valence-electron chi connectivity index (χ1n) is 10.7. The molecule has 1 atom stereocenters. The first-order valence-corrected chi connectivity index (χ1v) is 10.7. The summed E-state index contributed by atoms with van der Waals surface area (Å²) < 4.78 is 7.34. The van der Waals surface area contributed by atoms with Gasteiger partial charge in [0, 0.05) is 39.1 Å². The fraction of sp³-hybridized carbons (Fsp3) is 0.800. The van der Waals surface area contributed by atoms with Crippen LogP contribution in [0.15, 0.2) is 0 Å². The SMILES string of the molecule is O=C(NCc1nnc2n1CCN(C(=O)CCC1CCCC1)CC2)[C@H]1CCOC1. The smallest absolute Gasteiger partial charge is 0.225 e. The zero-order valence-corrected chi connectivity index (χ0v) is 16.6. The van der Waals surface area contributed by atoms with E-state index in [1.165, 1.54) is 25.7 Å². The second-order valence-electron chi connectivity index (χ2n) is 8.28. The van der Waals surface area contributed by atoms with E-state index in [9.17, 15) is 9.59 Å². The molecule has 1 saturated heterocycles. The largest absolute Gasteiger partial charge is 0.381 e. The first kappa shape index (κ1) is 19.4. The van der Waals surface area contributed by atoms with Crippen molar-refractivity contribution in [2.45, 2.75) is 64.5 Å². The molecule has 0 radical (unpaired) electrons. The quantitative estimate of drug-likeness (QED) is 0.792. The third-order valence-electron chi connectivity index (χ3n) is 6.42. The highest BCUT2D eigenvalue weighted by Gasteiger charge is 2.25. The summed E-state index contributed by atoms with van der Waals surface area (Å²) in [4.78, 5) is 26.8. The van der Waals surface area contributed by atoms with Gasteiger partial charge in [0.1, 0.15) is 5.82 Å². The van der Waals surface area contributed by atoms with E-state index in [-0.39, 0.29) is 17.7 Å². The minimum atomic E-state index is -0.0560. The van der Waals surface area contributed by atoms with Gasteiger partial charge in [-0.05, 0) is 18.8 Å². The van der Waals surface area contributed by atoms with Crippen LogP contribution in [0.25, 0.3) is 0 Å². The van der Waals surface area contributed by atoms with Crippen molar-refractivity contribution in [3.63, 3.8) is 0 Å². The van der Waals surface area contributed by atoms with Crippen molar-refractivity contribution in [2.24, 2.45) is 11.8 Å². The molecule has 4 rings (SSSR count). The van der Waals surface area contributed by atoms with Crippen LogP contribution in [0.1, 0.15) is 56.6 Å². The lowest BCUT2D eigenvalue weighted by atomic mass is 10.0. The van der Waals surface area contributed by atoms with Gasteiger partial charge in [0.2, 0.25) is 11.8 Å². The molecule has 1 aromatic rings. The molecule has 0 aromatic carbocycles. The maximum Gasteiger partial charge on any atom is 0.225 e. The predicted octanol–water partition coefficient (Wildman–Crippen LogP) is 1.29. The molecule has 1 N–H and O–H groups in total. The molecular weight excluding hydrogens is 358 g/mol. The molecule has 1 saturated carbocycles. The zero-order valence-electron chi connectivity index (χ0n) is 16.6. The highest BCUT2D eigenvalue weighted by Crippen LogP contribution is 2.28. The highest BCUT2D eigenvalue weighted by molar-refractivity contribution is 5.78. The summed E-state index contributed by atoms with van der Waals surface area (Å²) in [5.74, 6) is 2.64. The highest BCUT2D eigenvalue weighted by atomic mass is 16.5. The van der Waals surface area contributed by atoms with Gasteiger partial charge in [0.15, 0.2) is 5.82 Å². The third-order valence-corrected chi connectivity index (χ3v) is 6.42. The van der Waals surface area contributed by atoms with Gasteiger partial charge in [-0.2, -0.15) is 0 Å². The summed E-state index contributed by atoms with van der Waals surface area (Å²) in [6.45, 7) is 3.61. The lowest BCUT2D eigenvalue weighted by molar-refractivity contribution is -0.131. The molecule has 1 aliphatic carbocycles. The van der Waals surface area contributed by atoms with E-state index in [0.29, 0.717) is 52.2 Å². The van der Waals surface area contributed by atoms with Gasteiger partial charge in [-0.25, -0.2) is 0 Å². The van der Waals surface area contributed by atoms with E-state index in [4.69, 9.17) is 4.74 Å². The fourth-order valence-corrected chi connectivity index (χ4v) is 4.60. The number of amides is 2. The Kier molecular flexibility index (Phi) is 6.24. The monoisotopic (exact) mass is 389 g/mol. The number of hydrogen-bond acceptors (Lipinski definition) is 5. The molecular formula is C20H31N5O3. The second kappa shape index (κ2) is 9.03. The number of carbonyl (C=O) groups excluding carboxylic acids is 2. The Morgan fingerprint density at radius 2 is 1.96 bits per heavy atom. The van der Waals surface area contributed by atoms with E-state index in [0.717, 1.165) is 30.4 Å². The lowest BCUT2D eigenvalue weighted by Gasteiger charge is -2.21. The van der Waals surface area contributed by atoms with Crippen LogP contribution in [-0.4, -0.2) is 57.8 Å². The minimum Gasteiger partial charge on any atom is -0.381 e. The van der Waals surface area contributed by atoms with E-state index in [1.807, 2.05) is 4.90 Å². The number of ether oxygens (including phenoxy) is 1. The van der Waals surface area contributed by atoms with E-state index >= 15 is 0 Å². The van der Waals surface area contributed by atoms with E-state index < -0.39 is 0 Å². The number of nitrogens with zero attached hydrogens (tertiary/aromatic N) is 4. The number of hydrogen-bond donors (Lipinski definition) is 1. The van der Waals surface area contributed by atoms with Crippen molar-refractivity contribution in [3.05, 3.63) is 11.6 Å². The van der Waals surface area contributed by atoms with Gasteiger partial charge in [0.25, 0.3) is 0 Å². The number of nitrogens with one attached hydrogen (secondary N) is 1. The van der Waals surface area contributed by atoms with Crippen molar-refractivity contribution in [3.8, 4) is 0 Å². The number of fused-ring (bicyclic) bond motifs is 1. The average molecular weight is 390 g/mol. The van der Waals surface area contributed by atoms with Gasteiger partial charge in [-0.1, -0.05) is 25.7 Å². The Balaban J connectivity index is 1.28. The molecule has 8 nitrogen and oxygen atoms in total. The number of carbonyl (C=O) groups is 2. The van der Waals surface area contributed by atoms with Crippen LogP contribution in [0.3, 0.4) is 0 Å². The van der Waals surface area contributed by atoms with Crippen molar-refractivity contribution in [1.29, 1.82) is 0 Å². The van der Waals surface area contributed by atoms with Gasteiger partial charge in [0.05, 0.1) is 19.1 Å². The van der Waals surface area contributed by atoms with Gasteiger partial charge >= 0.3 is 0 Å². The summed E-state index contributed by atoms with van der Waals surface area (Å²) in [6, 6.07) is 0. The third kappa shape index (κ3) is 4.54. The Labute approximate surface area is 166 Å². The van der Waals surface area contributed by atoms with E-state index in [1.54, 1.807) is 0 Å². The number of aromatic nitrogens is 3. The van der Waals surface area contributed by atoms with Gasteiger partial charge in [-0.3, -0.25) is 9.59 Å². The van der Waals surface area contributed by atoms with Crippen molar-refractivity contribution < 1.29 is 14.3 Å². The maximum atomic E-state index is 12.6. The molecule has 1 aromatic heterocycles. The molecule has 154 valence electrons. The second-order valence-corrected chi connectivity index (χ2v) is 8.28. The standard InChI is InChI=1S/C20H31N5O3/c26-19(6-5-15-3-1-2-4-15)24-9-7-17-22-23-18(25(17)11-10-24)13-21-20(27)16-8-12-28-14-16/h15-16H,1-14H2,(H,21,27)/t16-/m0/s1. The summed E-state index contributed by atoms with van der Waals surface area (Å²) in [7, 11) is 0. The van der Waals surface area contributed by atoms with Crippen LogP contribution in [0.2, 0.25) is 0 Å². The Bertz CT molecular complexity index is 692.